The predicted molar refractivity (Wildman–Crippen MR) is 52.0 cm³/mol. The Kier molecular flexibility index (Phi) is 4.43. The van der Waals surface area contributed by atoms with E-state index in [1.807, 2.05) is 0 Å². The highest BCUT2D eigenvalue weighted by Crippen LogP contribution is 2.25. The van der Waals surface area contributed by atoms with Crippen LogP contribution in [0.4, 0.5) is 4.79 Å². The Bertz CT molecular complexity index is 200. The third-order valence-corrected chi connectivity index (χ3v) is 2.77. The minimum atomic E-state index is -0.521. The predicted octanol–water partition coefficient (Wildman–Crippen LogP) is 1.49. The quantitative estimate of drug-likeness (QED) is 0.700. The van der Waals surface area contributed by atoms with Crippen molar-refractivity contribution in [2.75, 3.05) is 7.11 Å². The van der Waals surface area contributed by atoms with E-state index in [1.165, 1.54) is 13.5 Å². The molecule has 4 nitrogen and oxygen atoms in total. The van der Waals surface area contributed by atoms with Gasteiger partial charge in [0.05, 0.1) is 13.2 Å². The summed E-state index contributed by atoms with van der Waals surface area (Å²) >= 11 is 0. The summed E-state index contributed by atoms with van der Waals surface area (Å²) in [6, 6.07) is -0.372. The largest absolute Gasteiger partial charge is 0.453 e. The van der Waals surface area contributed by atoms with E-state index in [-0.39, 0.29) is 6.04 Å². The Labute approximate surface area is 84.0 Å². The number of alkyl carbamates (subject to hydrolysis) is 1. The first-order chi connectivity index (χ1) is 6.77. The van der Waals surface area contributed by atoms with Gasteiger partial charge in [-0.2, -0.15) is 0 Å². The van der Waals surface area contributed by atoms with Crippen LogP contribution in [0.1, 0.15) is 32.1 Å². The van der Waals surface area contributed by atoms with Crippen molar-refractivity contribution in [1.29, 1.82) is 0 Å². The molecule has 1 aliphatic rings. The first-order valence-electron chi connectivity index (χ1n) is 5.07. The van der Waals surface area contributed by atoms with Gasteiger partial charge >= 0.3 is 6.09 Å². The lowest BCUT2D eigenvalue weighted by molar-refractivity contribution is -0.110. The summed E-state index contributed by atoms with van der Waals surface area (Å²) in [5.41, 5.74) is 0. The minimum Gasteiger partial charge on any atom is -0.453 e. The Morgan fingerprint density at radius 1 is 1.43 bits per heavy atom. The molecular formula is C10H17NO3. The van der Waals surface area contributed by atoms with Crippen LogP contribution in [0.15, 0.2) is 0 Å². The Hall–Kier alpha value is -1.06. The number of hydrogen-bond donors (Lipinski definition) is 1. The SMILES string of the molecule is COC(=O)NC(C=O)C1CCCCC1. The number of methoxy groups -OCH3 is 1. The topological polar surface area (TPSA) is 55.4 Å². The zero-order valence-corrected chi connectivity index (χ0v) is 8.49. The summed E-state index contributed by atoms with van der Waals surface area (Å²) < 4.78 is 4.46. The van der Waals surface area contributed by atoms with Crippen LogP contribution >= 0.6 is 0 Å². The first-order valence-corrected chi connectivity index (χ1v) is 5.07. The molecule has 0 aromatic rings. The molecule has 1 saturated carbocycles. The van der Waals surface area contributed by atoms with Crippen molar-refractivity contribution in [1.82, 2.24) is 5.32 Å². The lowest BCUT2D eigenvalue weighted by atomic mass is 9.84. The van der Waals surface area contributed by atoms with Crippen LogP contribution in [0.3, 0.4) is 0 Å². The van der Waals surface area contributed by atoms with Gasteiger partial charge in [-0.25, -0.2) is 4.79 Å². The second-order valence-corrected chi connectivity index (χ2v) is 3.70. The lowest BCUT2D eigenvalue weighted by Crippen LogP contribution is -2.42. The first kappa shape index (κ1) is 11.0. The van der Waals surface area contributed by atoms with Gasteiger partial charge in [0, 0.05) is 0 Å². The number of nitrogens with one attached hydrogen (secondary N) is 1. The highest BCUT2D eigenvalue weighted by Gasteiger charge is 2.24. The summed E-state index contributed by atoms with van der Waals surface area (Å²) in [5, 5.41) is 2.56. The molecule has 1 unspecified atom stereocenters. The van der Waals surface area contributed by atoms with E-state index in [2.05, 4.69) is 10.1 Å². The molecule has 0 spiro atoms. The van der Waals surface area contributed by atoms with Gasteiger partial charge in [-0.15, -0.1) is 0 Å². The van der Waals surface area contributed by atoms with E-state index in [0.29, 0.717) is 5.92 Å². The van der Waals surface area contributed by atoms with Gasteiger partial charge < -0.3 is 14.8 Å². The zero-order chi connectivity index (χ0) is 10.4. The molecule has 0 saturated heterocycles. The van der Waals surface area contributed by atoms with Crippen LogP contribution in [-0.2, 0) is 9.53 Å². The van der Waals surface area contributed by atoms with Crippen molar-refractivity contribution in [3.63, 3.8) is 0 Å². The van der Waals surface area contributed by atoms with Gasteiger partial charge in [-0.3, -0.25) is 0 Å². The van der Waals surface area contributed by atoms with Crippen molar-refractivity contribution in [2.24, 2.45) is 5.92 Å². The Balaban J connectivity index is 2.43. The molecule has 0 bridgehead atoms. The van der Waals surface area contributed by atoms with E-state index in [9.17, 15) is 9.59 Å². The maximum absolute atomic E-state index is 10.9. The lowest BCUT2D eigenvalue weighted by Gasteiger charge is -2.26. The van der Waals surface area contributed by atoms with Crippen LogP contribution < -0.4 is 5.32 Å². The molecular weight excluding hydrogens is 182 g/mol. The van der Waals surface area contributed by atoms with Crippen molar-refractivity contribution in [2.45, 2.75) is 38.1 Å². The molecule has 1 aliphatic carbocycles. The molecule has 0 aromatic heterocycles. The van der Waals surface area contributed by atoms with Crippen LogP contribution in [0.5, 0.6) is 0 Å². The number of rotatable bonds is 3. The van der Waals surface area contributed by atoms with Crippen LogP contribution in [0, 0.1) is 5.92 Å². The molecule has 0 aromatic carbocycles. The summed E-state index contributed by atoms with van der Waals surface area (Å²) in [6.45, 7) is 0. The van der Waals surface area contributed by atoms with E-state index in [0.717, 1.165) is 32.0 Å². The maximum atomic E-state index is 10.9. The molecule has 80 valence electrons. The molecule has 1 fully saturated rings. The van der Waals surface area contributed by atoms with Crippen LogP contribution in [-0.4, -0.2) is 25.5 Å². The van der Waals surface area contributed by atoms with Crippen molar-refractivity contribution >= 4 is 12.4 Å². The number of carbonyl (C=O) groups is 2. The number of carbonyl (C=O) groups excluding carboxylic acids is 2. The van der Waals surface area contributed by atoms with Crippen LogP contribution in [0.25, 0.3) is 0 Å². The fourth-order valence-corrected chi connectivity index (χ4v) is 1.95. The molecule has 14 heavy (non-hydrogen) atoms. The normalized spacial score (nSPS) is 19.8. The van der Waals surface area contributed by atoms with Gasteiger partial charge in [0.1, 0.15) is 6.29 Å². The standard InChI is InChI=1S/C10H17NO3/c1-14-10(13)11-9(7-12)8-5-3-2-4-6-8/h7-9H,2-6H2,1H3,(H,11,13). The summed E-state index contributed by atoms with van der Waals surface area (Å²) in [4.78, 5) is 21.7. The fourth-order valence-electron chi connectivity index (χ4n) is 1.95. The van der Waals surface area contributed by atoms with Gasteiger partial charge in [-0.05, 0) is 18.8 Å². The third-order valence-electron chi connectivity index (χ3n) is 2.77. The molecule has 0 radical (unpaired) electrons. The van der Waals surface area contributed by atoms with Gasteiger partial charge in [0.25, 0.3) is 0 Å². The second kappa shape index (κ2) is 5.62. The number of aldehydes is 1. The van der Waals surface area contributed by atoms with E-state index in [1.54, 1.807) is 0 Å². The molecule has 1 amide bonds. The molecule has 1 rings (SSSR count). The third kappa shape index (κ3) is 3.01. The fraction of sp³-hybridized carbons (Fsp3) is 0.800. The van der Waals surface area contributed by atoms with Gasteiger partial charge in [0.2, 0.25) is 0 Å². The molecule has 0 aliphatic heterocycles. The second-order valence-electron chi connectivity index (χ2n) is 3.70. The van der Waals surface area contributed by atoms with Crippen molar-refractivity contribution in [3.05, 3.63) is 0 Å². The maximum Gasteiger partial charge on any atom is 0.407 e. The van der Waals surface area contributed by atoms with Crippen molar-refractivity contribution < 1.29 is 14.3 Å². The minimum absolute atomic E-state index is 0.292. The summed E-state index contributed by atoms with van der Waals surface area (Å²) in [6.07, 6.45) is 5.87. The number of ether oxygens (including phenoxy) is 1. The monoisotopic (exact) mass is 199 g/mol. The summed E-state index contributed by atoms with van der Waals surface area (Å²) in [5.74, 6) is 0.292. The van der Waals surface area contributed by atoms with Crippen molar-refractivity contribution in [3.8, 4) is 0 Å². The van der Waals surface area contributed by atoms with Gasteiger partial charge in [-0.1, -0.05) is 19.3 Å². The Morgan fingerprint density at radius 2 is 2.07 bits per heavy atom. The van der Waals surface area contributed by atoms with Crippen LogP contribution in [0.2, 0.25) is 0 Å². The summed E-state index contributed by atoms with van der Waals surface area (Å²) in [7, 11) is 1.30. The molecule has 1 atom stereocenters. The zero-order valence-electron chi connectivity index (χ0n) is 8.49. The van der Waals surface area contributed by atoms with Gasteiger partial charge in [0.15, 0.2) is 0 Å². The molecule has 4 heteroatoms. The highest BCUT2D eigenvalue weighted by molar-refractivity contribution is 5.73. The average Bonchev–Trinajstić information content (AvgIpc) is 2.26. The molecule has 0 heterocycles. The molecule has 1 N–H and O–H groups in total. The number of hydrogen-bond acceptors (Lipinski definition) is 3. The van der Waals surface area contributed by atoms with E-state index >= 15 is 0 Å². The smallest absolute Gasteiger partial charge is 0.407 e. The highest BCUT2D eigenvalue weighted by atomic mass is 16.5. The van der Waals surface area contributed by atoms with E-state index < -0.39 is 6.09 Å². The average molecular weight is 199 g/mol. The van der Waals surface area contributed by atoms with E-state index in [4.69, 9.17) is 0 Å². The number of amides is 1. The Morgan fingerprint density at radius 3 is 2.57 bits per heavy atom.